The molecule has 176 valence electrons. The van der Waals surface area contributed by atoms with Crippen LogP contribution in [0.1, 0.15) is 18.4 Å². The van der Waals surface area contributed by atoms with Crippen LogP contribution in [0.3, 0.4) is 0 Å². The molecule has 0 aliphatic carbocycles. The van der Waals surface area contributed by atoms with Gasteiger partial charge in [0.05, 0.1) is 5.52 Å². The largest absolute Gasteiger partial charge is 0.384 e. The Labute approximate surface area is 207 Å². The standard InChI is InChI=1S/C26H33Cl2N5/c27-22-5-3-21(4-6-22)20-29-10-1-13-32-15-17-33(18-16-32)14-2-11-30-25-9-12-31-26-19-23(28)7-8-24(25)26/h3-9,12,19,29H,1-2,10-11,13-18,20H2,(H,30,31). The number of benzene rings is 2. The van der Waals surface area contributed by atoms with Gasteiger partial charge in [-0.15, -0.1) is 0 Å². The number of nitrogens with one attached hydrogen (secondary N) is 2. The van der Waals surface area contributed by atoms with Crippen LogP contribution in [-0.2, 0) is 6.54 Å². The summed E-state index contributed by atoms with van der Waals surface area (Å²) in [5.74, 6) is 0. The van der Waals surface area contributed by atoms with Gasteiger partial charge in [-0.25, -0.2) is 0 Å². The summed E-state index contributed by atoms with van der Waals surface area (Å²) in [6.45, 7) is 9.87. The highest BCUT2D eigenvalue weighted by molar-refractivity contribution is 6.31. The van der Waals surface area contributed by atoms with Gasteiger partial charge in [0.15, 0.2) is 0 Å². The molecule has 0 unspecified atom stereocenters. The minimum Gasteiger partial charge on any atom is -0.384 e. The highest BCUT2D eigenvalue weighted by atomic mass is 35.5. The van der Waals surface area contributed by atoms with Crippen molar-refractivity contribution in [1.82, 2.24) is 20.1 Å². The molecule has 1 saturated heterocycles. The van der Waals surface area contributed by atoms with Crippen molar-refractivity contribution < 1.29 is 0 Å². The maximum absolute atomic E-state index is 6.09. The van der Waals surface area contributed by atoms with Crippen molar-refractivity contribution in [2.45, 2.75) is 19.4 Å². The van der Waals surface area contributed by atoms with Gasteiger partial charge in [-0.1, -0.05) is 35.3 Å². The zero-order chi connectivity index (χ0) is 22.9. The highest BCUT2D eigenvalue weighted by Gasteiger charge is 2.15. The van der Waals surface area contributed by atoms with Gasteiger partial charge in [0.1, 0.15) is 0 Å². The molecule has 3 aromatic rings. The summed E-state index contributed by atoms with van der Waals surface area (Å²) < 4.78 is 0. The lowest BCUT2D eigenvalue weighted by atomic mass is 10.2. The first-order chi connectivity index (χ1) is 16.2. The molecule has 4 rings (SSSR count). The SMILES string of the molecule is Clc1ccc(CNCCCN2CCN(CCCNc3ccnc4cc(Cl)ccc34)CC2)cc1. The van der Waals surface area contributed by atoms with Gasteiger partial charge >= 0.3 is 0 Å². The van der Waals surface area contributed by atoms with Gasteiger partial charge in [-0.2, -0.15) is 0 Å². The first kappa shape index (κ1) is 24.2. The number of nitrogens with zero attached hydrogens (tertiary/aromatic N) is 3. The van der Waals surface area contributed by atoms with Crippen molar-refractivity contribution >= 4 is 39.8 Å². The van der Waals surface area contributed by atoms with Crippen LogP contribution in [0.4, 0.5) is 5.69 Å². The summed E-state index contributed by atoms with van der Waals surface area (Å²) in [5.41, 5.74) is 3.35. The van der Waals surface area contributed by atoms with E-state index in [2.05, 4.69) is 37.6 Å². The zero-order valence-electron chi connectivity index (χ0n) is 19.1. The molecule has 0 spiro atoms. The number of piperazine rings is 1. The highest BCUT2D eigenvalue weighted by Crippen LogP contribution is 2.24. The molecule has 0 amide bonds. The second-order valence-corrected chi connectivity index (χ2v) is 9.51. The van der Waals surface area contributed by atoms with E-state index in [1.165, 1.54) is 31.6 Å². The quantitative estimate of drug-likeness (QED) is 0.368. The Morgan fingerprint density at radius 3 is 2.18 bits per heavy atom. The summed E-state index contributed by atoms with van der Waals surface area (Å²) in [7, 11) is 0. The Hall–Kier alpha value is -1.89. The number of rotatable bonds is 11. The minimum atomic E-state index is 0.723. The fourth-order valence-corrected chi connectivity index (χ4v) is 4.59. The van der Waals surface area contributed by atoms with Crippen molar-refractivity contribution in [1.29, 1.82) is 0 Å². The molecule has 33 heavy (non-hydrogen) atoms. The van der Waals surface area contributed by atoms with Gasteiger partial charge in [-0.05, 0) is 74.4 Å². The molecule has 7 heteroatoms. The average molecular weight is 486 g/mol. The second-order valence-electron chi connectivity index (χ2n) is 8.64. The van der Waals surface area contributed by atoms with Crippen molar-refractivity contribution in [2.75, 3.05) is 57.7 Å². The topological polar surface area (TPSA) is 43.4 Å². The van der Waals surface area contributed by atoms with E-state index in [-0.39, 0.29) is 0 Å². The number of hydrogen-bond donors (Lipinski definition) is 2. The monoisotopic (exact) mass is 485 g/mol. The molecule has 5 nitrogen and oxygen atoms in total. The molecule has 0 radical (unpaired) electrons. The van der Waals surface area contributed by atoms with Crippen LogP contribution in [-0.4, -0.2) is 67.1 Å². The Kier molecular flexibility index (Phi) is 9.21. The van der Waals surface area contributed by atoms with E-state index >= 15 is 0 Å². The van der Waals surface area contributed by atoms with Crippen LogP contribution in [0.15, 0.2) is 54.7 Å². The first-order valence-electron chi connectivity index (χ1n) is 11.9. The second kappa shape index (κ2) is 12.5. The van der Waals surface area contributed by atoms with Crippen molar-refractivity contribution in [3.05, 3.63) is 70.3 Å². The van der Waals surface area contributed by atoms with Crippen LogP contribution < -0.4 is 10.6 Å². The van der Waals surface area contributed by atoms with Crippen molar-refractivity contribution in [3.63, 3.8) is 0 Å². The molecular weight excluding hydrogens is 453 g/mol. The van der Waals surface area contributed by atoms with Gasteiger partial charge in [0, 0.05) is 66.6 Å². The summed E-state index contributed by atoms with van der Waals surface area (Å²) in [5, 5.41) is 9.75. The van der Waals surface area contributed by atoms with Crippen LogP contribution in [0, 0.1) is 0 Å². The lowest BCUT2D eigenvalue weighted by Gasteiger charge is -2.34. The summed E-state index contributed by atoms with van der Waals surface area (Å²) >= 11 is 12.0. The number of fused-ring (bicyclic) bond motifs is 1. The van der Waals surface area contributed by atoms with Gasteiger partial charge in [-0.3, -0.25) is 4.98 Å². The molecule has 0 atom stereocenters. The number of hydrogen-bond acceptors (Lipinski definition) is 5. The maximum atomic E-state index is 6.09. The van der Waals surface area contributed by atoms with E-state index in [1.807, 2.05) is 42.6 Å². The fourth-order valence-electron chi connectivity index (χ4n) is 4.30. The minimum absolute atomic E-state index is 0.723. The molecule has 2 heterocycles. The Bertz CT molecular complexity index is 1000. The Morgan fingerprint density at radius 1 is 0.788 bits per heavy atom. The van der Waals surface area contributed by atoms with Crippen molar-refractivity contribution in [3.8, 4) is 0 Å². The maximum Gasteiger partial charge on any atom is 0.0737 e. The van der Waals surface area contributed by atoms with E-state index < -0.39 is 0 Å². The number of anilines is 1. The lowest BCUT2D eigenvalue weighted by Crippen LogP contribution is -2.47. The lowest BCUT2D eigenvalue weighted by molar-refractivity contribution is 0.131. The molecule has 1 fully saturated rings. The van der Waals surface area contributed by atoms with E-state index in [4.69, 9.17) is 23.2 Å². The molecule has 1 aliphatic heterocycles. The van der Waals surface area contributed by atoms with Gasteiger partial charge < -0.3 is 20.4 Å². The van der Waals surface area contributed by atoms with Gasteiger partial charge in [0.2, 0.25) is 0 Å². The van der Waals surface area contributed by atoms with E-state index in [0.717, 1.165) is 72.3 Å². The number of pyridine rings is 1. The molecule has 1 aromatic heterocycles. The smallest absolute Gasteiger partial charge is 0.0737 e. The summed E-state index contributed by atoms with van der Waals surface area (Å²) in [6, 6.07) is 16.0. The van der Waals surface area contributed by atoms with Crippen LogP contribution in [0.2, 0.25) is 10.0 Å². The van der Waals surface area contributed by atoms with Crippen LogP contribution >= 0.6 is 23.2 Å². The third-order valence-electron chi connectivity index (χ3n) is 6.21. The van der Waals surface area contributed by atoms with E-state index in [9.17, 15) is 0 Å². The van der Waals surface area contributed by atoms with E-state index in [1.54, 1.807) is 0 Å². The van der Waals surface area contributed by atoms with Crippen LogP contribution in [0.25, 0.3) is 10.9 Å². The Morgan fingerprint density at radius 2 is 1.45 bits per heavy atom. The molecule has 2 aromatic carbocycles. The first-order valence-corrected chi connectivity index (χ1v) is 12.6. The number of aromatic nitrogens is 1. The molecule has 0 saturated carbocycles. The zero-order valence-corrected chi connectivity index (χ0v) is 20.6. The molecular formula is C26H33Cl2N5. The van der Waals surface area contributed by atoms with Crippen LogP contribution in [0.5, 0.6) is 0 Å². The predicted octanol–water partition coefficient (Wildman–Crippen LogP) is 5.14. The summed E-state index contributed by atoms with van der Waals surface area (Å²) in [4.78, 5) is 9.59. The molecule has 2 N–H and O–H groups in total. The van der Waals surface area contributed by atoms with E-state index in [0.29, 0.717) is 0 Å². The van der Waals surface area contributed by atoms with Gasteiger partial charge in [0.25, 0.3) is 0 Å². The predicted molar refractivity (Wildman–Crippen MR) is 141 cm³/mol. The third kappa shape index (κ3) is 7.56. The molecule has 1 aliphatic rings. The normalized spacial score (nSPS) is 15.2. The Balaban J connectivity index is 1.07. The summed E-state index contributed by atoms with van der Waals surface area (Å²) in [6.07, 6.45) is 4.15. The number of halogens is 2. The average Bonchev–Trinajstić information content (AvgIpc) is 2.83. The third-order valence-corrected chi connectivity index (χ3v) is 6.69. The fraction of sp³-hybridized carbons (Fsp3) is 0.423. The molecule has 0 bridgehead atoms. The van der Waals surface area contributed by atoms with Crippen molar-refractivity contribution in [2.24, 2.45) is 0 Å².